The molecular weight excluding hydrogens is 323 g/mol. The number of fused-ring (bicyclic) bond motifs is 1. The molecule has 0 aromatic heterocycles. The minimum Gasteiger partial charge on any atom is -0.113 e. The summed E-state index contributed by atoms with van der Waals surface area (Å²) in [7, 11) is 0. The van der Waals surface area contributed by atoms with Gasteiger partial charge < -0.3 is 0 Å². The lowest BCUT2D eigenvalue weighted by molar-refractivity contribution is 1.13. The van der Waals surface area contributed by atoms with E-state index >= 15 is 0 Å². The second-order valence-electron chi connectivity index (χ2n) is 5.05. The Morgan fingerprint density at radius 3 is 2.19 bits per heavy atom. The number of halogens is 3. The monoisotopic (exact) mass is 334 g/mol. The molecule has 0 aliphatic rings. The molecule has 0 amide bonds. The first kappa shape index (κ1) is 14.7. The minimum absolute atomic E-state index is 0.232. The number of aryl methyl sites for hydroxylation is 1. The van der Waals surface area contributed by atoms with Crippen LogP contribution in [0.25, 0.3) is 10.8 Å². The van der Waals surface area contributed by atoms with Crippen molar-refractivity contribution in [1.82, 2.24) is 0 Å². The van der Waals surface area contributed by atoms with Crippen molar-refractivity contribution in [3.63, 3.8) is 0 Å². The summed E-state index contributed by atoms with van der Waals surface area (Å²) in [5.74, 6) is 0. The smallest absolute Gasteiger partial charge is 0.0844 e. The molecule has 0 aliphatic heterocycles. The highest BCUT2D eigenvalue weighted by Gasteiger charge is 2.16. The van der Waals surface area contributed by atoms with E-state index in [1.807, 2.05) is 55.5 Å². The molecule has 3 aromatic carbocycles. The van der Waals surface area contributed by atoms with Gasteiger partial charge in [-0.2, -0.15) is 0 Å². The molecule has 1 atom stereocenters. The second-order valence-corrected chi connectivity index (χ2v) is 6.33. The molecule has 3 rings (SSSR count). The zero-order chi connectivity index (χ0) is 15.0. The first-order chi connectivity index (χ1) is 10.1. The van der Waals surface area contributed by atoms with Crippen molar-refractivity contribution in [2.75, 3.05) is 0 Å². The minimum atomic E-state index is -0.232. The van der Waals surface area contributed by atoms with E-state index in [2.05, 4.69) is 6.07 Å². The summed E-state index contributed by atoms with van der Waals surface area (Å²) in [6, 6.07) is 17.7. The third-order valence-corrected chi connectivity index (χ3v) is 4.72. The molecule has 3 aromatic rings. The lowest BCUT2D eigenvalue weighted by Crippen LogP contribution is -1.97. The van der Waals surface area contributed by atoms with E-state index in [0.29, 0.717) is 0 Å². The summed E-state index contributed by atoms with van der Waals surface area (Å²) < 4.78 is 0. The van der Waals surface area contributed by atoms with Gasteiger partial charge >= 0.3 is 0 Å². The molecule has 0 saturated carbocycles. The summed E-state index contributed by atoms with van der Waals surface area (Å²) in [6.07, 6.45) is 0. The van der Waals surface area contributed by atoms with Gasteiger partial charge in [0.15, 0.2) is 0 Å². The van der Waals surface area contributed by atoms with Crippen LogP contribution in [0.1, 0.15) is 22.1 Å². The van der Waals surface area contributed by atoms with Crippen LogP contribution in [-0.2, 0) is 0 Å². The number of hydrogen-bond acceptors (Lipinski definition) is 0. The van der Waals surface area contributed by atoms with Crippen molar-refractivity contribution in [2.45, 2.75) is 12.3 Å². The Labute approximate surface area is 139 Å². The van der Waals surface area contributed by atoms with Crippen LogP contribution in [0.3, 0.4) is 0 Å². The molecular formula is C18H13Cl3. The van der Waals surface area contributed by atoms with Crippen LogP contribution in [0.2, 0.25) is 10.0 Å². The molecule has 3 heteroatoms. The second kappa shape index (κ2) is 5.88. The third kappa shape index (κ3) is 2.76. The summed E-state index contributed by atoms with van der Waals surface area (Å²) in [5.41, 5.74) is 3.21. The fourth-order valence-electron chi connectivity index (χ4n) is 2.60. The number of benzene rings is 3. The number of alkyl halides is 1. The van der Waals surface area contributed by atoms with Crippen LogP contribution < -0.4 is 0 Å². The molecule has 0 nitrogen and oxygen atoms in total. The molecule has 0 spiro atoms. The SMILES string of the molecule is Cc1cc(Cl)ccc1C(Cl)c1ccc(Cl)c2ccccc12. The van der Waals surface area contributed by atoms with Crippen LogP contribution in [0.4, 0.5) is 0 Å². The Bertz CT molecular complexity index is 809. The maximum absolute atomic E-state index is 6.73. The van der Waals surface area contributed by atoms with E-state index in [1.54, 1.807) is 0 Å². The van der Waals surface area contributed by atoms with Gasteiger partial charge in [-0.3, -0.25) is 0 Å². The Kier molecular flexibility index (Phi) is 4.12. The van der Waals surface area contributed by atoms with Crippen LogP contribution >= 0.6 is 34.8 Å². The van der Waals surface area contributed by atoms with Crippen LogP contribution in [0, 0.1) is 6.92 Å². The van der Waals surface area contributed by atoms with Crippen molar-refractivity contribution < 1.29 is 0 Å². The molecule has 1 unspecified atom stereocenters. The van der Waals surface area contributed by atoms with Crippen LogP contribution in [-0.4, -0.2) is 0 Å². The van der Waals surface area contributed by atoms with E-state index in [0.717, 1.165) is 37.5 Å². The van der Waals surface area contributed by atoms with E-state index in [4.69, 9.17) is 34.8 Å². The van der Waals surface area contributed by atoms with Gasteiger partial charge in [0.05, 0.1) is 5.38 Å². The number of hydrogen-bond donors (Lipinski definition) is 0. The maximum atomic E-state index is 6.73. The highest BCUT2D eigenvalue weighted by atomic mass is 35.5. The standard InChI is InChI=1S/C18H13Cl3/c1-11-10-12(19)6-7-13(11)18(21)16-8-9-17(20)15-5-3-2-4-14(15)16/h2-10,18H,1H3. The van der Waals surface area contributed by atoms with E-state index in [1.165, 1.54) is 0 Å². The fraction of sp³-hybridized carbons (Fsp3) is 0.111. The summed E-state index contributed by atoms with van der Waals surface area (Å²) in [4.78, 5) is 0. The summed E-state index contributed by atoms with van der Waals surface area (Å²) in [6.45, 7) is 2.02. The van der Waals surface area contributed by atoms with Gasteiger partial charge in [-0.25, -0.2) is 0 Å². The Morgan fingerprint density at radius 2 is 1.48 bits per heavy atom. The number of rotatable bonds is 2. The first-order valence-corrected chi connectivity index (χ1v) is 7.84. The van der Waals surface area contributed by atoms with Crippen molar-refractivity contribution in [3.8, 4) is 0 Å². The molecule has 21 heavy (non-hydrogen) atoms. The Morgan fingerprint density at radius 1 is 0.810 bits per heavy atom. The van der Waals surface area contributed by atoms with E-state index < -0.39 is 0 Å². The molecule has 0 heterocycles. The zero-order valence-corrected chi connectivity index (χ0v) is 13.7. The lowest BCUT2D eigenvalue weighted by Gasteiger charge is -2.16. The fourth-order valence-corrected chi connectivity index (χ4v) is 3.49. The topological polar surface area (TPSA) is 0 Å². The van der Waals surface area contributed by atoms with Crippen molar-refractivity contribution in [1.29, 1.82) is 0 Å². The average molecular weight is 336 g/mol. The van der Waals surface area contributed by atoms with Crippen molar-refractivity contribution in [2.24, 2.45) is 0 Å². The lowest BCUT2D eigenvalue weighted by atomic mass is 9.95. The maximum Gasteiger partial charge on any atom is 0.0844 e. The largest absolute Gasteiger partial charge is 0.113 e. The van der Waals surface area contributed by atoms with Gasteiger partial charge in [0, 0.05) is 15.4 Å². The van der Waals surface area contributed by atoms with Gasteiger partial charge in [0.1, 0.15) is 0 Å². The van der Waals surface area contributed by atoms with Gasteiger partial charge in [-0.05, 0) is 47.2 Å². The molecule has 0 radical (unpaired) electrons. The molecule has 106 valence electrons. The predicted octanol–water partition coefficient (Wildman–Crippen LogP) is 6.78. The average Bonchev–Trinajstić information content (AvgIpc) is 2.47. The first-order valence-electron chi connectivity index (χ1n) is 6.65. The van der Waals surface area contributed by atoms with Gasteiger partial charge in [0.25, 0.3) is 0 Å². The molecule has 0 saturated heterocycles. The van der Waals surface area contributed by atoms with Gasteiger partial charge in [0.2, 0.25) is 0 Å². The van der Waals surface area contributed by atoms with Gasteiger partial charge in [-0.1, -0.05) is 59.6 Å². The van der Waals surface area contributed by atoms with E-state index in [-0.39, 0.29) is 5.38 Å². The highest BCUT2D eigenvalue weighted by Crippen LogP contribution is 2.37. The third-order valence-electron chi connectivity index (χ3n) is 3.68. The highest BCUT2D eigenvalue weighted by molar-refractivity contribution is 6.36. The normalized spacial score (nSPS) is 12.6. The Hall–Kier alpha value is -1.21. The van der Waals surface area contributed by atoms with E-state index in [9.17, 15) is 0 Å². The summed E-state index contributed by atoms with van der Waals surface area (Å²) >= 11 is 19.0. The molecule has 0 N–H and O–H groups in total. The Balaban J connectivity index is 2.18. The summed E-state index contributed by atoms with van der Waals surface area (Å²) in [5, 5.41) is 3.34. The quantitative estimate of drug-likeness (QED) is 0.453. The van der Waals surface area contributed by atoms with Gasteiger partial charge in [-0.15, -0.1) is 11.6 Å². The van der Waals surface area contributed by atoms with Crippen molar-refractivity contribution in [3.05, 3.63) is 81.3 Å². The predicted molar refractivity (Wildman–Crippen MR) is 92.8 cm³/mol. The zero-order valence-electron chi connectivity index (χ0n) is 11.4. The van der Waals surface area contributed by atoms with Crippen molar-refractivity contribution >= 4 is 45.6 Å². The molecule has 0 aliphatic carbocycles. The molecule has 0 fully saturated rings. The molecule has 0 bridgehead atoms. The van der Waals surface area contributed by atoms with Crippen LogP contribution in [0.15, 0.2) is 54.6 Å². The van der Waals surface area contributed by atoms with Crippen LogP contribution in [0.5, 0.6) is 0 Å².